The van der Waals surface area contributed by atoms with E-state index in [4.69, 9.17) is 0 Å². The fourth-order valence-corrected chi connectivity index (χ4v) is 2.70. The van der Waals surface area contributed by atoms with E-state index in [9.17, 15) is 0 Å². The van der Waals surface area contributed by atoms with Gasteiger partial charge in [-0.25, -0.2) is 0 Å². The molecule has 1 N–H and O–H groups in total. The molecule has 1 aliphatic heterocycles. The van der Waals surface area contributed by atoms with E-state index in [1.54, 1.807) is 0 Å². The number of benzene rings is 1. The normalized spacial score (nSPS) is 19.9. The van der Waals surface area contributed by atoms with Gasteiger partial charge in [-0.1, -0.05) is 44.2 Å². The van der Waals surface area contributed by atoms with Crippen molar-refractivity contribution in [2.24, 2.45) is 0 Å². The molecule has 1 aliphatic rings. The molecule has 1 heterocycles. The van der Waals surface area contributed by atoms with E-state index in [0.717, 1.165) is 12.6 Å². The molecule has 0 aliphatic carbocycles. The lowest BCUT2D eigenvalue weighted by Crippen LogP contribution is -2.43. The summed E-state index contributed by atoms with van der Waals surface area (Å²) in [5, 5.41) is 3.74. The Bertz CT molecular complexity index is 328. The SMILES string of the molecule is CCN1CCC(NC[C@H](C)c2ccccc2)CC1. The quantitative estimate of drug-likeness (QED) is 0.859. The topological polar surface area (TPSA) is 15.3 Å². The van der Waals surface area contributed by atoms with E-state index in [1.807, 2.05) is 0 Å². The van der Waals surface area contributed by atoms with Crippen LogP contribution in [0.25, 0.3) is 0 Å². The van der Waals surface area contributed by atoms with E-state index >= 15 is 0 Å². The highest BCUT2D eigenvalue weighted by molar-refractivity contribution is 5.19. The first-order valence-corrected chi connectivity index (χ1v) is 7.30. The molecule has 0 aromatic heterocycles. The van der Waals surface area contributed by atoms with Crippen molar-refractivity contribution in [2.45, 2.75) is 38.6 Å². The first-order chi connectivity index (χ1) is 8.79. The molecule has 100 valence electrons. The second-order valence-corrected chi connectivity index (χ2v) is 5.43. The van der Waals surface area contributed by atoms with E-state index in [2.05, 4.69) is 54.4 Å². The second-order valence-electron chi connectivity index (χ2n) is 5.43. The van der Waals surface area contributed by atoms with Crippen molar-refractivity contribution in [1.82, 2.24) is 10.2 Å². The molecule has 1 aromatic carbocycles. The van der Waals surface area contributed by atoms with Crippen LogP contribution in [-0.4, -0.2) is 37.1 Å². The molecule has 0 amide bonds. The number of likely N-dealkylation sites (tertiary alicyclic amines) is 1. The van der Waals surface area contributed by atoms with Gasteiger partial charge in [0, 0.05) is 12.6 Å². The van der Waals surface area contributed by atoms with Crippen molar-refractivity contribution in [3.63, 3.8) is 0 Å². The highest BCUT2D eigenvalue weighted by atomic mass is 15.1. The summed E-state index contributed by atoms with van der Waals surface area (Å²) >= 11 is 0. The monoisotopic (exact) mass is 246 g/mol. The molecule has 0 spiro atoms. The average molecular weight is 246 g/mol. The van der Waals surface area contributed by atoms with Crippen LogP contribution in [0.3, 0.4) is 0 Å². The van der Waals surface area contributed by atoms with Crippen LogP contribution < -0.4 is 5.32 Å². The minimum Gasteiger partial charge on any atom is -0.313 e. The number of nitrogens with one attached hydrogen (secondary N) is 1. The van der Waals surface area contributed by atoms with Crippen LogP contribution in [-0.2, 0) is 0 Å². The van der Waals surface area contributed by atoms with E-state index in [1.165, 1.54) is 38.0 Å². The maximum absolute atomic E-state index is 3.74. The van der Waals surface area contributed by atoms with E-state index < -0.39 is 0 Å². The summed E-state index contributed by atoms with van der Waals surface area (Å²) in [6.45, 7) is 9.38. The third-order valence-corrected chi connectivity index (χ3v) is 4.12. The van der Waals surface area contributed by atoms with E-state index in [-0.39, 0.29) is 0 Å². The van der Waals surface area contributed by atoms with Crippen molar-refractivity contribution in [2.75, 3.05) is 26.2 Å². The predicted octanol–water partition coefficient (Wildman–Crippen LogP) is 2.86. The molecular weight excluding hydrogens is 220 g/mol. The Balaban J connectivity index is 1.72. The Hall–Kier alpha value is -0.860. The Kier molecular flexibility index (Phi) is 5.21. The molecule has 18 heavy (non-hydrogen) atoms. The summed E-state index contributed by atoms with van der Waals surface area (Å²) in [6.07, 6.45) is 2.60. The Morgan fingerprint density at radius 2 is 1.89 bits per heavy atom. The first-order valence-electron chi connectivity index (χ1n) is 7.30. The third-order valence-electron chi connectivity index (χ3n) is 4.12. The van der Waals surface area contributed by atoms with Gasteiger partial charge in [-0.15, -0.1) is 0 Å². The van der Waals surface area contributed by atoms with Crippen molar-refractivity contribution in [1.29, 1.82) is 0 Å². The van der Waals surface area contributed by atoms with Gasteiger partial charge in [0.1, 0.15) is 0 Å². The van der Waals surface area contributed by atoms with Gasteiger partial charge in [0.25, 0.3) is 0 Å². The van der Waals surface area contributed by atoms with Crippen molar-refractivity contribution < 1.29 is 0 Å². The minimum absolute atomic E-state index is 0.607. The zero-order chi connectivity index (χ0) is 12.8. The van der Waals surface area contributed by atoms with Gasteiger partial charge >= 0.3 is 0 Å². The summed E-state index contributed by atoms with van der Waals surface area (Å²) in [7, 11) is 0. The van der Waals surface area contributed by atoms with Crippen LogP contribution in [0.2, 0.25) is 0 Å². The fourth-order valence-electron chi connectivity index (χ4n) is 2.70. The van der Waals surface area contributed by atoms with Gasteiger partial charge in [0.05, 0.1) is 0 Å². The minimum atomic E-state index is 0.607. The van der Waals surface area contributed by atoms with Crippen molar-refractivity contribution >= 4 is 0 Å². The summed E-state index contributed by atoms with van der Waals surface area (Å²) in [5.41, 5.74) is 1.44. The lowest BCUT2D eigenvalue weighted by Gasteiger charge is -2.32. The highest BCUT2D eigenvalue weighted by Gasteiger charge is 2.18. The van der Waals surface area contributed by atoms with E-state index in [0.29, 0.717) is 5.92 Å². The van der Waals surface area contributed by atoms with Crippen LogP contribution in [0, 0.1) is 0 Å². The molecule has 2 heteroatoms. The van der Waals surface area contributed by atoms with Gasteiger partial charge < -0.3 is 10.2 Å². The molecule has 1 atom stereocenters. The molecule has 0 unspecified atom stereocenters. The molecular formula is C16H26N2. The fraction of sp³-hybridized carbons (Fsp3) is 0.625. The van der Waals surface area contributed by atoms with Gasteiger partial charge in [-0.05, 0) is 44.0 Å². The van der Waals surface area contributed by atoms with Crippen LogP contribution in [0.15, 0.2) is 30.3 Å². The molecule has 1 aromatic rings. The summed E-state index contributed by atoms with van der Waals surface area (Å²) in [6, 6.07) is 11.5. The number of hydrogen-bond acceptors (Lipinski definition) is 2. The lowest BCUT2D eigenvalue weighted by molar-refractivity contribution is 0.205. The lowest BCUT2D eigenvalue weighted by atomic mass is 9.99. The molecule has 0 bridgehead atoms. The molecule has 1 fully saturated rings. The zero-order valence-corrected chi connectivity index (χ0v) is 11.7. The number of rotatable bonds is 5. The first kappa shape index (κ1) is 13.6. The Labute approximate surface area is 111 Å². The molecule has 0 saturated carbocycles. The number of nitrogens with zero attached hydrogens (tertiary/aromatic N) is 1. The smallest absolute Gasteiger partial charge is 0.00916 e. The zero-order valence-electron chi connectivity index (χ0n) is 11.7. The van der Waals surface area contributed by atoms with Crippen molar-refractivity contribution in [3.8, 4) is 0 Å². The van der Waals surface area contributed by atoms with Gasteiger partial charge in [0.2, 0.25) is 0 Å². The number of hydrogen-bond donors (Lipinski definition) is 1. The van der Waals surface area contributed by atoms with Gasteiger partial charge in [-0.2, -0.15) is 0 Å². The average Bonchev–Trinajstić information content (AvgIpc) is 2.46. The molecule has 1 saturated heterocycles. The largest absolute Gasteiger partial charge is 0.313 e. The maximum Gasteiger partial charge on any atom is 0.00916 e. The summed E-state index contributed by atoms with van der Waals surface area (Å²) in [4.78, 5) is 2.54. The Morgan fingerprint density at radius 3 is 2.50 bits per heavy atom. The summed E-state index contributed by atoms with van der Waals surface area (Å²) in [5.74, 6) is 0.607. The van der Waals surface area contributed by atoms with Gasteiger partial charge in [-0.3, -0.25) is 0 Å². The highest BCUT2D eigenvalue weighted by Crippen LogP contribution is 2.15. The van der Waals surface area contributed by atoms with Crippen molar-refractivity contribution in [3.05, 3.63) is 35.9 Å². The maximum atomic E-state index is 3.74. The van der Waals surface area contributed by atoms with Crippen LogP contribution in [0.4, 0.5) is 0 Å². The number of piperidine rings is 1. The van der Waals surface area contributed by atoms with Gasteiger partial charge in [0.15, 0.2) is 0 Å². The standard InChI is InChI=1S/C16H26N2/c1-3-18-11-9-16(10-12-18)17-13-14(2)15-7-5-4-6-8-15/h4-8,14,16-17H,3,9-13H2,1-2H3/t14-/m0/s1. The molecule has 0 radical (unpaired) electrons. The summed E-state index contributed by atoms with van der Waals surface area (Å²) < 4.78 is 0. The molecule has 2 rings (SSSR count). The third kappa shape index (κ3) is 3.82. The van der Waals surface area contributed by atoms with Crippen LogP contribution >= 0.6 is 0 Å². The second kappa shape index (κ2) is 6.91. The predicted molar refractivity (Wildman–Crippen MR) is 78.0 cm³/mol. The van der Waals surface area contributed by atoms with Crippen LogP contribution in [0.1, 0.15) is 38.2 Å². The Morgan fingerprint density at radius 1 is 1.22 bits per heavy atom. The van der Waals surface area contributed by atoms with Crippen LogP contribution in [0.5, 0.6) is 0 Å². The molecule has 2 nitrogen and oxygen atoms in total.